The second-order valence-corrected chi connectivity index (χ2v) is 6.08. The van der Waals surface area contributed by atoms with Gasteiger partial charge in [-0.15, -0.1) is 0 Å². The molecular formula is C15H27N. The van der Waals surface area contributed by atoms with Gasteiger partial charge in [0, 0.05) is 6.54 Å². The molecule has 0 N–H and O–H groups in total. The highest BCUT2D eigenvalue weighted by Crippen LogP contribution is 2.34. The molecule has 0 unspecified atom stereocenters. The first kappa shape index (κ1) is 12.2. The fourth-order valence-corrected chi connectivity index (χ4v) is 3.60. The van der Waals surface area contributed by atoms with Gasteiger partial charge in [-0.2, -0.15) is 0 Å². The Morgan fingerprint density at radius 1 is 1.19 bits per heavy atom. The van der Waals surface area contributed by atoms with Crippen molar-refractivity contribution in [1.29, 1.82) is 0 Å². The van der Waals surface area contributed by atoms with Crippen LogP contribution in [0.25, 0.3) is 0 Å². The van der Waals surface area contributed by atoms with E-state index < -0.39 is 0 Å². The molecule has 0 bridgehead atoms. The molecule has 92 valence electrons. The normalized spacial score (nSPS) is 37.2. The average Bonchev–Trinajstić information content (AvgIpc) is 2.25. The summed E-state index contributed by atoms with van der Waals surface area (Å²) in [5, 5.41) is 0. The molecule has 0 amide bonds. The highest BCUT2D eigenvalue weighted by atomic mass is 15.1. The van der Waals surface area contributed by atoms with E-state index in [1.54, 1.807) is 5.57 Å². The van der Waals surface area contributed by atoms with Crippen molar-refractivity contribution in [3.05, 3.63) is 11.6 Å². The van der Waals surface area contributed by atoms with Gasteiger partial charge in [-0.3, -0.25) is 0 Å². The molecule has 0 spiro atoms. The Balaban J connectivity index is 1.92. The Kier molecular flexibility index (Phi) is 4.07. The molecule has 1 heteroatoms. The first-order valence-electron chi connectivity index (χ1n) is 7.06. The lowest BCUT2D eigenvalue weighted by atomic mass is 9.74. The van der Waals surface area contributed by atoms with Crippen LogP contribution in [0.4, 0.5) is 0 Å². The number of allylic oxidation sites excluding steroid dienone is 2. The Morgan fingerprint density at radius 2 is 1.88 bits per heavy atom. The first-order valence-corrected chi connectivity index (χ1v) is 7.06. The maximum absolute atomic E-state index is 2.70. The van der Waals surface area contributed by atoms with Crippen LogP contribution in [0, 0.1) is 17.8 Å². The van der Waals surface area contributed by atoms with Crippen LogP contribution < -0.4 is 0 Å². The van der Waals surface area contributed by atoms with Crippen LogP contribution in [0.5, 0.6) is 0 Å². The third-order valence-corrected chi connectivity index (χ3v) is 4.52. The molecule has 0 aromatic carbocycles. The molecule has 2 rings (SSSR count). The predicted octanol–water partition coefficient (Wildman–Crippen LogP) is 3.71. The van der Waals surface area contributed by atoms with E-state index in [0.29, 0.717) is 0 Å². The number of rotatable bonds is 2. The standard InChI is InChI=1S/C15H27N/c1-12-9-13(2)15(14(3)10-12)11-16-7-5-4-6-8-16/h9,13-15H,4-8,10-11H2,1-3H3/t13-,14-,15+/m1/s1. The molecule has 1 fully saturated rings. The summed E-state index contributed by atoms with van der Waals surface area (Å²) in [6.45, 7) is 11.2. The molecule has 0 radical (unpaired) electrons. The van der Waals surface area contributed by atoms with E-state index in [4.69, 9.17) is 0 Å². The smallest absolute Gasteiger partial charge is 0.00178 e. The molecule has 1 aliphatic carbocycles. The van der Waals surface area contributed by atoms with Crippen molar-refractivity contribution < 1.29 is 0 Å². The summed E-state index contributed by atoms with van der Waals surface area (Å²) in [7, 11) is 0. The molecule has 2 aliphatic rings. The van der Waals surface area contributed by atoms with Gasteiger partial charge < -0.3 is 4.90 Å². The number of hydrogen-bond donors (Lipinski definition) is 0. The van der Waals surface area contributed by atoms with Crippen LogP contribution in [0.1, 0.15) is 46.5 Å². The first-order chi connectivity index (χ1) is 7.66. The van der Waals surface area contributed by atoms with Crippen molar-refractivity contribution in [3.8, 4) is 0 Å². The molecule has 3 atom stereocenters. The summed E-state index contributed by atoms with van der Waals surface area (Å²) in [6.07, 6.45) is 8.12. The van der Waals surface area contributed by atoms with Gasteiger partial charge >= 0.3 is 0 Å². The topological polar surface area (TPSA) is 3.24 Å². The SMILES string of the molecule is CC1=C[C@@H](C)[C@H](CN2CCCCC2)[C@H](C)C1. The van der Waals surface area contributed by atoms with Crippen molar-refractivity contribution in [2.75, 3.05) is 19.6 Å². The molecule has 1 saturated heterocycles. The van der Waals surface area contributed by atoms with Gasteiger partial charge in [-0.25, -0.2) is 0 Å². The Bertz CT molecular complexity index is 250. The van der Waals surface area contributed by atoms with Crippen LogP contribution in [-0.2, 0) is 0 Å². The van der Waals surface area contributed by atoms with E-state index in [-0.39, 0.29) is 0 Å². The van der Waals surface area contributed by atoms with E-state index in [2.05, 4.69) is 31.7 Å². The van der Waals surface area contributed by atoms with Crippen molar-refractivity contribution >= 4 is 0 Å². The maximum atomic E-state index is 2.70. The number of likely N-dealkylation sites (tertiary alicyclic amines) is 1. The number of nitrogens with zero attached hydrogens (tertiary/aromatic N) is 1. The van der Waals surface area contributed by atoms with E-state index in [0.717, 1.165) is 17.8 Å². The van der Waals surface area contributed by atoms with E-state index >= 15 is 0 Å². The Morgan fingerprint density at radius 3 is 2.50 bits per heavy atom. The molecule has 1 aliphatic heterocycles. The second kappa shape index (κ2) is 5.35. The van der Waals surface area contributed by atoms with Gasteiger partial charge in [-0.05, 0) is 57.0 Å². The van der Waals surface area contributed by atoms with Crippen LogP contribution in [0.15, 0.2) is 11.6 Å². The van der Waals surface area contributed by atoms with Gasteiger partial charge in [0.25, 0.3) is 0 Å². The molecule has 0 saturated carbocycles. The summed E-state index contributed by atoms with van der Waals surface area (Å²) >= 11 is 0. The van der Waals surface area contributed by atoms with Gasteiger partial charge in [0.05, 0.1) is 0 Å². The lowest BCUT2D eigenvalue weighted by Gasteiger charge is -2.38. The number of piperidine rings is 1. The van der Waals surface area contributed by atoms with Crippen molar-refractivity contribution in [3.63, 3.8) is 0 Å². The lowest BCUT2D eigenvalue weighted by Crippen LogP contribution is -2.39. The lowest BCUT2D eigenvalue weighted by molar-refractivity contribution is 0.141. The summed E-state index contributed by atoms with van der Waals surface area (Å²) in [6, 6.07) is 0. The van der Waals surface area contributed by atoms with Gasteiger partial charge in [0.15, 0.2) is 0 Å². The maximum Gasteiger partial charge on any atom is 0.00178 e. The zero-order valence-electron chi connectivity index (χ0n) is 11.2. The summed E-state index contributed by atoms with van der Waals surface area (Å²) in [4.78, 5) is 2.70. The van der Waals surface area contributed by atoms with Crippen molar-refractivity contribution in [2.24, 2.45) is 17.8 Å². The minimum Gasteiger partial charge on any atom is -0.303 e. The van der Waals surface area contributed by atoms with Gasteiger partial charge in [0.2, 0.25) is 0 Å². The van der Waals surface area contributed by atoms with Crippen LogP contribution in [-0.4, -0.2) is 24.5 Å². The van der Waals surface area contributed by atoms with Crippen LogP contribution in [0.3, 0.4) is 0 Å². The quantitative estimate of drug-likeness (QED) is 0.643. The second-order valence-electron chi connectivity index (χ2n) is 6.08. The summed E-state index contributed by atoms with van der Waals surface area (Å²) in [5.74, 6) is 2.55. The monoisotopic (exact) mass is 221 g/mol. The molecule has 1 nitrogen and oxygen atoms in total. The average molecular weight is 221 g/mol. The van der Waals surface area contributed by atoms with Crippen molar-refractivity contribution in [2.45, 2.75) is 46.5 Å². The summed E-state index contributed by atoms with van der Waals surface area (Å²) < 4.78 is 0. The zero-order valence-corrected chi connectivity index (χ0v) is 11.2. The zero-order chi connectivity index (χ0) is 11.5. The van der Waals surface area contributed by atoms with Crippen LogP contribution in [0.2, 0.25) is 0 Å². The van der Waals surface area contributed by atoms with E-state index in [9.17, 15) is 0 Å². The highest BCUT2D eigenvalue weighted by Gasteiger charge is 2.28. The molecule has 1 heterocycles. The summed E-state index contributed by atoms with van der Waals surface area (Å²) in [5.41, 5.74) is 1.61. The van der Waals surface area contributed by atoms with E-state index in [1.165, 1.54) is 45.3 Å². The number of hydrogen-bond acceptors (Lipinski definition) is 1. The van der Waals surface area contributed by atoms with E-state index in [1.807, 2.05) is 0 Å². The fraction of sp³-hybridized carbons (Fsp3) is 0.867. The highest BCUT2D eigenvalue weighted by molar-refractivity contribution is 5.08. The fourth-order valence-electron chi connectivity index (χ4n) is 3.60. The Hall–Kier alpha value is -0.300. The van der Waals surface area contributed by atoms with Crippen molar-refractivity contribution in [1.82, 2.24) is 4.90 Å². The third-order valence-electron chi connectivity index (χ3n) is 4.52. The largest absolute Gasteiger partial charge is 0.303 e. The Labute approximate surface area is 101 Å². The molecule has 0 aromatic rings. The predicted molar refractivity (Wildman–Crippen MR) is 70.5 cm³/mol. The third kappa shape index (κ3) is 2.88. The molecule has 16 heavy (non-hydrogen) atoms. The van der Waals surface area contributed by atoms with Gasteiger partial charge in [-0.1, -0.05) is 31.9 Å². The minimum atomic E-state index is 0.783. The molecular weight excluding hydrogens is 194 g/mol. The van der Waals surface area contributed by atoms with Crippen LogP contribution >= 0.6 is 0 Å². The molecule has 0 aromatic heterocycles. The van der Waals surface area contributed by atoms with Gasteiger partial charge in [0.1, 0.15) is 0 Å². The minimum absolute atomic E-state index is 0.783.